The second-order valence-corrected chi connectivity index (χ2v) is 4.30. The smallest absolute Gasteiger partial charge is 0.136 e. The van der Waals surface area contributed by atoms with Crippen LogP contribution in [-0.4, -0.2) is 13.2 Å². The van der Waals surface area contributed by atoms with Gasteiger partial charge in [0.25, 0.3) is 0 Å². The summed E-state index contributed by atoms with van der Waals surface area (Å²) in [5.41, 5.74) is 6.92. The van der Waals surface area contributed by atoms with Gasteiger partial charge in [-0.3, -0.25) is 0 Å². The van der Waals surface area contributed by atoms with Gasteiger partial charge in [0.2, 0.25) is 0 Å². The van der Waals surface area contributed by atoms with Gasteiger partial charge in [-0.2, -0.15) is 0 Å². The first-order chi connectivity index (χ1) is 6.65. The Morgan fingerprint density at radius 2 is 2.21 bits per heavy atom. The summed E-state index contributed by atoms with van der Waals surface area (Å²) in [5, 5.41) is 0. The molecule has 0 spiro atoms. The van der Waals surface area contributed by atoms with E-state index in [0.29, 0.717) is 0 Å². The number of rotatable bonds is 4. The zero-order chi connectivity index (χ0) is 10.6. The monoisotopic (exact) mass is 257 g/mol. The van der Waals surface area contributed by atoms with Crippen LogP contribution in [-0.2, 0) is 6.42 Å². The molecule has 0 aliphatic rings. The summed E-state index contributed by atoms with van der Waals surface area (Å²) in [6.07, 6.45) is 1.94. The lowest BCUT2D eigenvalue weighted by Crippen LogP contribution is -2.15. The molecule has 0 aliphatic carbocycles. The Kier molecular flexibility index (Phi) is 4.42. The highest BCUT2D eigenvalue weighted by atomic mass is 79.9. The van der Waals surface area contributed by atoms with Gasteiger partial charge < -0.3 is 10.5 Å². The quantitative estimate of drug-likeness (QED) is 0.901. The van der Waals surface area contributed by atoms with Crippen molar-refractivity contribution in [2.75, 3.05) is 7.11 Å². The van der Waals surface area contributed by atoms with Crippen LogP contribution in [0.4, 0.5) is 0 Å². The molecule has 2 N–H and O–H groups in total. The molecule has 0 aliphatic heterocycles. The van der Waals surface area contributed by atoms with Crippen LogP contribution in [0, 0.1) is 0 Å². The summed E-state index contributed by atoms with van der Waals surface area (Å²) in [4.78, 5) is 0. The SMILES string of the molecule is COc1c(Br)cccc1CC[C@@H](C)N. The van der Waals surface area contributed by atoms with Gasteiger partial charge in [-0.05, 0) is 47.3 Å². The van der Waals surface area contributed by atoms with Gasteiger partial charge in [-0.15, -0.1) is 0 Å². The maximum absolute atomic E-state index is 5.72. The van der Waals surface area contributed by atoms with Gasteiger partial charge >= 0.3 is 0 Å². The van der Waals surface area contributed by atoms with Gasteiger partial charge in [0, 0.05) is 6.04 Å². The van der Waals surface area contributed by atoms with Gasteiger partial charge in [0.1, 0.15) is 5.75 Å². The molecule has 1 aromatic rings. The van der Waals surface area contributed by atoms with Gasteiger partial charge in [-0.25, -0.2) is 0 Å². The fourth-order valence-corrected chi connectivity index (χ4v) is 1.93. The fourth-order valence-electron chi connectivity index (χ4n) is 1.36. The summed E-state index contributed by atoms with van der Waals surface area (Å²) >= 11 is 3.46. The molecule has 0 unspecified atom stereocenters. The third kappa shape index (κ3) is 3.00. The van der Waals surface area contributed by atoms with Crippen LogP contribution in [0.1, 0.15) is 18.9 Å². The molecule has 14 heavy (non-hydrogen) atoms. The number of hydrogen-bond donors (Lipinski definition) is 1. The van der Waals surface area contributed by atoms with Crippen molar-refractivity contribution in [3.63, 3.8) is 0 Å². The minimum absolute atomic E-state index is 0.235. The largest absolute Gasteiger partial charge is 0.495 e. The molecule has 0 radical (unpaired) electrons. The molecule has 0 amide bonds. The highest BCUT2D eigenvalue weighted by Gasteiger charge is 2.07. The summed E-state index contributed by atoms with van der Waals surface area (Å²) in [6, 6.07) is 6.31. The third-order valence-corrected chi connectivity index (χ3v) is 2.75. The molecule has 0 saturated heterocycles. The Morgan fingerprint density at radius 1 is 1.50 bits per heavy atom. The summed E-state index contributed by atoms with van der Waals surface area (Å²) in [7, 11) is 1.69. The fraction of sp³-hybridized carbons (Fsp3) is 0.455. The van der Waals surface area contributed by atoms with Crippen molar-refractivity contribution in [2.45, 2.75) is 25.8 Å². The average molecular weight is 258 g/mol. The molecular weight excluding hydrogens is 242 g/mol. The molecule has 0 bridgehead atoms. The molecule has 0 aromatic heterocycles. The van der Waals surface area contributed by atoms with Gasteiger partial charge in [0.15, 0.2) is 0 Å². The Hall–Kier alpha value is -0.540. The van der Waals surface area contributed by atoms with Crippen molar-refractivity contribution in [1.82, 2.24) is 0 Å². The summed E-state index contributed by atoms with van der Waals surface area (Å²) in [5.74, 6) is 0.924. The van der Waals surface area contributed by atoms with Crippen molar-refractivity contribution in [3.8, 4) is 5.75 Å². The second kappa shape index (κ2) is 5.37. The molecule has 3 heteroatoms. The first-order valence-electron chi connectivity index (χ1n) is 4.72. The number of benzene rings is 1. The molecule has 0 heterocycles. The molecule has 0 fully saturated rings. The van der Waals surface area contributed by atoms with Crippen molar-refractivity contribution >= 4 is 15.9 Å². The van der Waals surface area contributed by atoms with Crippen LogP contribution in [0.2, 0.25) is 0 Å². The minimum Gasteiger partial charge on any atom is -0.495 e. The maximum Gasteiger partial charge on any atom is 0.136 e. The van der Waals surface area contributed by atoms with Crippen LogP contribution >= 0.6 is 15.9 Å². The number of halogens is 1. The van der Waals surface area contributed by atoms with E-state index in [-0.39, 0.29) is 6.04 Å². The number of para-hydroxylation sites is 1. The molecule has 78 valence electrons. The van der Waals surface area contributed by atoms with E-state index in [1.807, 2.05) is 19.1 Å². The standard InChI is InChI=1S/C11H16BrNO/c1-8(13)6-7-9-4-3-5-10(12)11(9)14-2/h3-5,8H,6-7,13H2,1-2H3/t8-/m1/s1. The van der Waals surface area contributed by atoms with Gasteiger partial charge in [-0.1, -0.05) is 12.1 Å². The van der Waals surface area contributed by atoms with E-state index in [0.717, 1.165) is 23.1 Å². The molecule has 2 nitrogen and oxygen atoms in total. The third-order valence-electron chi connectivity index (χ3n) is 2.12. The molecule has 1 atom stereocenters. The predicted molar refractivity (Wildman–Crippen MR) is 62.7 cm³/mol. The van der Waals surface area contributed by atoms with E-state index < -0.39 is 0 Å². The number of ether oxygens (including phenoxy) is 1. The van der Waals surface area contributed by atoms with Gasteiger partial charge in [0.05, 0.1) is 11.6 Å². The second-order valence-electron chi connectivity index (χ2n) is 3.45. The normalized spacial score (nSPS) is 12.6. The van der Waals surface area contributed by atoms with E-state index in [9.17, 15) is 0 Å². The summed E-state index contributed by atoms with van der Waals surface area (Å²) in [6.45, 7) is 2.02. The van der Waals surface area contributed by atoms with E-state index in [2.05, 4.69) is 22.0 Å². The van der Waals surface area contributed by atoms with Crippen LogP contribution in [0.3, 0.4) is 0 Å². The predicted octanol–water partition coefficient (Wildman–Crippen LogP) is 2.74. The van der Waals surface area contributed by atoms with E-state index in [4.69, 9.17) is 10.5 Å². The Morgan fingerprint density at radius 3 is 2.79 bits per heavy atom. The number of hydrogen-bond acceptors (Lipinski definition) is 2. The number of methoxy groups -OCH3 is 1. The highest BCUT2D eigenvalue weighted by Crippen LogP contribution is 2.29. The van der Waals surface area contributed by atoms with Crippen molar-refractivity contribution in [2.24, 2.45) is 5.73 Å². The topological polar surface area (TPSA) is 35.2 Å². The number of nitrogens with two attached hydrogens (primary N) is 1. The average Bonchev–Trinajstić information content (AvgIpc) is 2.14. The lowest BCUT2D eigenvalue weighted by molar-refractivity contribution is 0.406. The zero-order valence-corrected chi connectivity index (χ0v) is 10.2. The van der Waals surface area contributed by atoms with Crippen LogP contribution in [0.25, 0.3) is 0 Å². The molecule has 0 saturated carbocycles. The molecule has 1 aromatic carbocycles. The minimum atomic E-state index is 0.235. The molecular formula is C11H16BrNO. The van der Waals surface area contributed by atoms with Crippen LogP contribution in [0.15, 0.2) is 22.7 Å². The molecule has 1 rings (SSSR count). The Labute approximate surface area is 93.6 Å². The highest BCUT2D eigenvalue weighted by molar-refractivity contribution is 9.10. The van der Waals surface area contributed by atoms with Crippen molar-refractivity contribution in [3.05, 3.63) is 28.2 Å². The first kappa shape index (κ1) is 11.5. The zero-order valence-electron chi connectivity index (χ0n) is 8.59. The van der Waals surface area contributed by atoms with E-state index in [1.165, 1.54) is 5.56 Å². The summed E-state index contributed by atoms with van der Waals surface area (Å²) < 4.78 is 6.32. The Bertz CT molecular complexity index is 299. The maximum atomic E-state index is 5.72. The van der Waals surface area contributed by atoms with Crippen molar-refractivity contribution in [1.29, 1.82) is 0 Å². The van der Waals surface area contributed by atoms with E-state index in [1.54, 1.807) is 7.11 Å². The van der Waals surface area contributed by atoms with Crippen LogP contribution < -0.4 is 10.5 Å². The lowest BCUT2D eigenvalue weighted by Gasteiger charge is -2.11. The van der Waals surface area contributed by atoms with Crippen LogP contribution in [0.5, 0.6) is 5.75 Å². The first-order valence-corrected chi connectivity index (χ1v) is 5.51. The van der Waals surface area contributed by atoms with E-state index >= 15 is 0 Å². The lowest BCUT2D eigenvalue weighted by atomic mass is 10.1. The number of aryl methyl sites for hydroxylation is 1. The van der Waals surface area contributed by atoms with Crippen molar-refractivity contribution < 1.29 is 4.74 Å². The Balaban J connectivity index is 2.80.